The quantitative estimate of drug-likeness (QED) is 0.436. The Labute approximate surface area is 139 Å². The molecule has 1 aromatic carbocycles. The molecule has 0 unspecified atom stereocenters. The molecule has 0 fully saturated rings. The van der Waals surface area contributed by atoms with Gasteiger partial charge in [0, 0.05) is 25.7 Å². The zero-order chi connectivity index (χ0) is 16.5. The lowest BCUT2D eigenvalue weighted by Crippen LogP contribution is -2.33. The van der Waals surface area contributed by atoms with Crippen LogP contribution >= 0.6 is 12.2 Å². The van der Waals surface area contributed by atoms with Crippen molar-refractivity contribution in [1.82, 2.24) is 4.90 Å². The van der Waals surface area contributed by atoms with E-state index in [4.69, 9.17) is 17.0 Å². The minimum absolute atomic E-state index is 0.0198. The maximum absolute atomic E-state index is 11.8. The van der Waals surface area contributed by atoms with Crippen molar-refractivity contribution in [2.24, 2.45) is 0 Å². The zero-order valence-corrected chi connectivity index (χ0v) is 15.3. The Morgan fingerprint density at radius 1 is 1.00 bits per heavy atom. The van der Waals surface area contributed by atoms with Gasteiger partial charge in [0.2, 0.25) is 5.43 Å². The molecule has 1 aromatic rings. The van der Waals surface area contributed by atoms with Gasteiger partial charge in [-0.05, 0) is 32.4 Å². The van der Waals surface area contributed by atoms with Crippen LogP contribution in [0.5, 0.6) is 0 Å². The van der Waals surface area contributed by atoms with Crippen LogP contribution in [0.4, 0.5) is 5.69 Å². The van der Waals surface area contributed by atoms with Crippen molar-refractivity contribution in [3.63, 3.8) is 0 Å². The van der Waals surface area contributed by atoms with Crippen LogP contribution in [0.3, 0.4) is 0 Å². The predicted octanol–water partition coefficient (Wildman–Crippen LogP) is 2.79. The molecule has 0 saturated heterocycles. The van der Waals surface area contributed by atoms with Crippen LogP contribution in [-0.4, -0.2) is 51.3 Å². The molecule has 0 atom stereocenters. The van der Waals surface area contributed by atoms with Crippen molar-refractivity contribution in [3.8, 4) is 0 Å². The molecular weight excluding hydrogens is 296 g/mol. The molecular formula is C17H30N2O2S. The lowest BCUT2D eigenvalue weighted by molar-refractivity contribution is 0.108. The third-order valence-corrected chi connectivity index (χ3v) is 4.35. The molecule has 0 aliphatic heterocycles. The molecule has 0 radical (unpaired) electrons. The molecule has 0 aliphatic rings. The van der Waals surface area contributed by atoms with Crippen molar-refractivity contribution in [1.29, 1.82) is 0 Å². The fraction of sp³-hybridized carbons (Fsp3) is 0.765. The lowest BCUT2D eigenvalue weighted by atomic mass is 10.0. The third-order valence-electron chi connectivity index (χ3n) is 3.92. The van der Waals surface area contributed by atoms with Gasteiger partial charge in [-0.2, -0.15) is 0 Å². The van der Waals surface area contributed by atoms with Crippen LogP contribution in [0.2, 0.25) is 0 Å². The van der Waals surface area contributed by atoms with Crippen LogP contribution in [0, 0.1) is 4.51 Å². The van der Waals surface area contributed by atoms with Gasteiger partial charge in [0.25, 0.3) is 0 Å². The summed E-state index contributed by atoms with van der Waals surface area (Å²) in [4.78, 5) is 16.2. The topological polar surface area (TPSA) is 32.8 Å². The molecule has 0 spiro atoms. The summed E-state index contributed by atoms with van der Waals surface area (Å²) in [6, 6.07) is 0. The van der Waals surface area contributed by atoms with Gasteiger partial charge in [0.05, 0.1) is 23.4 Å². The Bertz CT molecular complexity index is 503. The van der Waals surface area contributed by atoms with Crippen LogP contribution in [0.25, 0.3) is 0 Å². The van der Waals surface area contributed by atoms with E-state index in [1.165, 1.54) is 12.8 Å². The maximum Gasteiger partial charge on any atom is 0.220 e. The molecule has 0 heterocycles. The van der Waals surface area contributed by atoms with Crippen molar-refractivity contribution in [2.75, 3.05) is 51.3 Å². The summed E-state index contributed by atoms with van der Waals surface area (Å²) in [5, 5.41) is 0. The van der Waals surface area contributed by atoms with Crippen molar-refractivity contribution < 1.29 is 4.74 Å². The number of likely N-dealkylation sites (N-methyl/N-ethyl adjacent to an activating group) is 1. The van der Waals surface area contributed by atoms with Gasteiger partial charge in [-0.15, -0.1) is 0 Å². The molecule has 0 aliphatic carbocycles. The van der Waals surface area contributed by atoms with Gasteiger partial charge < -0.3 is 14.5 Å². The van der Waals surface area contributed by atoms with E-state index in [1.807, 2.05) is 18.9 Å². The summed E-state index contributed by atoms with van der Waals surface area (Å²) in [5.41, 5.74) is 1.83. The number of hydrogen-bond acceptors (Lipinski definition) is 5. The van der Waals surface area contributed by atoms with Crippen molar-refractivity contribution in [2.45, 2.75) is 40.0 Å². The number of anilines is 1. The number of ether oxygens (including phenoxy) is 1. The molecule has 0 bridgehead atoms. The first-order chi connectivity index (χ1) is 10.6. The second-order valence-corrected chi connectivity index (χ2v) is 6.12. The van der Waals surface area contributed by atoms with Crippen molar-refractivity contribution >= 4 is 17.9 Å². The Hall–Kier alpha value is -0.780. The number of hydrogen-bond donors (Lipinski definition) is 0. The van der Waals surface area contributed by atoms with Crippen molar-refractivity contribution in [3.05, 3.63) is 20.3 Å². The molecule has 4 nitrogen and oxygen atoms in total. The first-order valence-corrected chi connectivity index (χ1v) is 8.80. The van der Waals surface area contributed by atoms with Gasteiger partial charge in [-0.1, -0.05) is 33.0 Å². The average molecular weight is 327 g/mol. The van der Waals surface area contributed by atoms with E-state index in [2.05, 4.69) is 18.7 Å². The second kappa shape index (κ2) is 10.1. The summed E-state index contributed by atoms with van der Waals surface area (Å²) in [6.45, 7) is 11.8. The van der Waals surface area contributed by atoms with Crippen LogP contribution in [0.1, 0.15) is 39.2 Å². The van der Waals surface area contributed by atoms with E-state index < -0.39 is 0 Å². The van der Waals surface area contributed by atoms with Gasteiger partial charge in [0.15, 0.2) is 0 Å². The van der Waals surface area contributed by atoms with Gasteiger partial charge in [-0.25, -0.2) is 0 Å². The highest BCUT2D eigenvalue weighted by atomic mass is 32.1. The highest BCUT2D eigenvalue weighted by Gasteiger charge is 2.19. The lowest BCUT2D eigenvalue weighted by Gasteiger charge is -2.24. The fourth-order valence-electron chi connectivity index (χ4n) is 2.74. The maximum atomic E-state index is 11.8. The first-order valence-electron chi connectivity index (χ1n) is 8.40. The summed E-state index contributed by atoms with van der Waals surface area (Å²) in [6.07, 6.45) is 3.19. The number of rotatable bonds is 12. The largest absolute Gasteiger partial charge is 0.378 e. The first kappa shape index (κ1) is 19.3. The van der Waals surface area contributed by atoms with Gasteiger partial charge in [0.1, 0.15) is 0 Å². The van der Waals surface area contributed by atoms with Gasteiger partial charge >= 0.3 is 0 Å². The Morgan fingerprint density at radius 2 is 1.59 bits per heavy atom. The normalized spacial score (nSPS) is 11.5. The molecule has 5 heteroatoms. The molecule has 22 heavy (non-hydrogen) atoms. The molecule has 0 saturated carbocycles. The van der Waals surface area contributed by atoms with E-state index in [0.29, 0.717) is 11.1 Å². The van der Waals surface area contributed by atoms with E-state index in [9.17, 15) is 4.79 Å². The average Bonchev–Trinajstić information content (AvgIpc) is 2.51. The summed E-state index contributed by atoms with van der Waals surface area (Å²) in [5.74, 6) is 0. The van der Waals surface area contributed by atoms with E-state index >= 15 is 0 Å². The van der Waals surface area contributed by atoms with Crippen LogP contribution < -0.4 is 10.3 Å². The Kier molecular flexibility index (Phi) is 8.83. The monoisotopic (exact) mass is 326 g/mol. The van der Waals surface area contributed by atoms with Crippen LogP contribution in [0.15, 0.2) is 4.79 Å². The highest BCUT2D eigenvalue weighted by molar-refractivity contribution is 7.71. The van der Waals surface area contributed by atoms with E-state index in [0.717, 1.165) is 50.5 Å². The van der Waals surface area contributed by atoms with Gasteiger partial charge in [-0.3, -0.25) is 4.79 Å². The molecule has 126 valence electrons. The summed E-state index contributed by atoms with van der Waals surface area (Å²) >= 11 is 5.08. The van der Waals surface area contributed by atoms with E-state index in [-0.39, 0.29) is 5.43 Å². The molecule has 0 aromatic heterocycles. The van der Waals surface area contributed by atoms with Crippen LogP contribution in [-0.2, 0) is 11.2 Å². The number of nitrogens with zero attached hydrogens (tertiary/aromatic N) is 2. The Balaban J connectivity index is 2.28. The minimum Gasteiger partial charge on any atom is -0.378 e. The smallest absolute Gasteiger partial charge is 0.220 e. The molecule has 0 N–H and O–H groups in total. The fourth-order valence-corrected chi connectivity index (χ4v) is 3.07. The third kappa shape index (κ3) is 5.14. The zero-order valence-electron chi connectivity index (χ0n) is 14.5. The van der Waals surface area contributed by atoms with E-state index in [1.54, 1.807) is 0 Å². The molecule has 1 rings (SSSR count). The minimum atomic E-state index is 0.0198. The Morgan fingerprint density at radius 3 is 2.14 bits per heavy atom. The predicted molar refractivity (Wildman–Crippen MR) is 96.4 cm³/mol. The highest BCUT2D eigenvalue weighted by Crippen LogP contribution is 2.20. The molecule has 0 amide bonds. The SMILES string of the molecule is CCCN(CCC)CCOCCN(C)c1c(CC)c(=S)c1=O. The summed E-state index contributed by atoms with van der Waals surface area (Å²) in [7, 11) is 1.94. The summed E-state index contributed by atoms with van der Waals surface area (Å²) < 4.78 is 6.24. The second-order valence-electron chi connectivity index (χ2n) is 5.71. The standard InChI is InChI=1S/C17H30N2O2S/c1-5-8-19(9-6-2)11-13-21-12-10-18(4)15-14(7-3)17(22)16(15)20/h5-13H2,1-4H3.